The average Bonchev–Trinajstić information content (AvgIpc) is 2.25. The van der Waals surface area contributed by atoms with Crippen molar-refractivity contribution in [1.82, 2.24) is 5.32 Å². The molecule has 0 aromatic heterocycles. The Bertz CT molecular complexity index is 208. The molecule has 1 aliphatic heterocycles. The largest absolute Gasteiger partial charge is 0.381 e. The van der Waals surface area contributed by atoms with E-state index < -0.39 is 0 Å². The lowest BCUT2D eigenvalue weighted by Gasteiger charge is -2.53. The van der Waals surface area contributed by atoms with E-state index in [1.807, 2.05) is 6.08 Å². The van der Waals surface area contributed by atoms with E-state index in [0.29, 0.717) is 17.5 Å². The average molecular weight is 195 g/mol. The summed E-state index contributed by atoms with van der Waals surface area (Å²) in [6.07, 6.45) is 7.20. The molecule has 0 aromatic carbocycles. The van der Waals surface area contributed by atoms with Crippen LogP contribution in [0.4, 0.5) is 0 Å². The van der Waals surface area contributed by atoms with E-state index in [9.17, 15) is 0 Å². The second kappa shape index (κ2) is 4.03. The normalized spacial score (nSPS) is 32.2. The maximum absolute atomic E-state index is 5.43. The number of hydrogen-bond acceptors (Lipinski definition) is 2. The van der Waals surface area contributed by atoms with E-state index in [1.54, 1.807) is 0 Å². The molecule has 0 aromatic rings. The fraction of sp³-hybridized carbons (Fsp3) is 0.833. The van der Waals surface area contributed by atoms with Gasteiger partial charge in [-0.1, -0.05) is 6.08 Å². The van der Waals surface area contributed by atoms with E-state index >= 15 is 0 Å². The summed E-state index contributed by atoms with van der Waals surface area (Å²) < 4.78 is 5.43. The van der Waals surface area contributed by atoms with Crippen LogP contribution in [0.15, 0.2) is 12.7 Å². The molecule has 1 saturated carbocycles. The van der Waals surface area contributed by atoms with Crippen molar-refractivity contribution in [1.29, 1.82) is 0 Å². The van der Waals surface area contributed by atoms with Gasteiger partial charge in [0.25, 0.3) is 0 Å². The lowest BCUT2D eigenvalue weighted by Crippen LogP contribution is -2.57. The first-order valence-electron chi connectivity index (χ1n) is 5.73. The Hall–Kier alpha value is -0.340. The zero-order chi connectivity index (χ0) is 10.0. The lowest BCUT2D eigenvalue weighted by atomic mass is 9.60. The van der Waals surface area contributed by atoms with Crippen LogP contribution in [0.3, 0.4) is 0 Å². The molecule has 0 bridgehead atoms. The van der Waals surface area contributed by atoms with E-state index in [1.165, 1.54) is 25.7 Å². The number of nitrogens with one attached hydrogen (secondary N) is 1. The Labute approximate surface area is 86.7 Å². The van der Waals surface area contributed by atoms with Crippen molar-refractivity contribution in [2.24, 2.45) is 5.41 Å². The molecular formula is C12H21NO. The van der Waals surface area contributed by atoms with Crippen LogP contribution in [0.2, 0.25) is 0 Å². The molecule has 1 N–H and O–H groups in total. The highest BCUT2D eigenvalue weighted by Crippen LogP contribution is 2.48. The summed E-state index contributed by atoms with van der Waals surface area (Å²) >= 11 is 0. The summed E-state index contributed by atoms with van der Waals surface area (Å²) in [5.74, 6) is 0. The summed E-state index contributed by atoms with van der Waals surface area (Å²) in [7, 11) is 0. The minimum atomic E-state index is 0.444. The molecule has 1 aliphatic carbocycles. The predicted octanol–water partition coefficient (Wildman–Crippen LogP) is 2.11. The Balaban J connectivity index is 1.90. The smallest absolute Gasteiger partial charge is 0.0471 e. The highest BCUT2D eigenvalue weighted by Gasteiger charge is 2.47. The third-order valence-corrected chi connectivity index (χ3v) is 3.98. The maximum Gasteiger partial charge on any atom is 0.0471 e. The minimum Gasteiger partial charge on any atom is -0.381 e. The van der Waals surface area contributed by atoms with Gasteiger partial charge in [-0.2, -0.15) is 0 Å². The molecule has 1 heterocycles. The zero-order valence-electron chi connectivity index (χ0n) is 9.09. The quantitative estimate of drug-likeness (QED) is 0.696. The lowest BCUT2D eigenvalue weighted by molar-refractivity contribution is -0.0560. The Morgan fingerprint density at radius 1 is 1.43 bits per heavy atom. The van der Waals surface area contributed by atoms with Crippen molar-refractivity contribution in [2.45, 2.75) is 44.7 Å². The van der Waals surface area contributed by atoms with E-state index in [4.69, 9.17) is 4.74 Å². The van der Waals surface area contributed by atoms with Crippen LogP contribution in [-0.4, -0.2) is 25.3 Å². The standard InChI is InChI=1S/C12H21NO/c1-3-10(2)13-11-4-5-12(11)6-8-14-9-7-12/h3,10-11,13H,1,4-9H2,2H3. The van der Waals surface area contributed by atoms with Gasteiger partial charge in [-0.15, -0.1) is 6.58 Å². The summed E-state index contributed by atoms with van der Waals surface area (Å²) in [6, 6.07) is 1.15. The number of rotatable bonds is 3. The van der Waals surface area contributed by atoms with E-state index in [0.717, 1.165) is 13.2 Å². The molecule has 1 saturated heterocycles. The Morgan fingerprint density at radius 2 is 2.14 bits per heavy atom. The predicted molar refractivity (Wildman–Crippen MR) is 58.3 cm³/mol. The third kappa shape index (κ3) is 1.73. The molecule has 2 atom stereocenters. The van der Waals surface area contributed by atoms with Crippen molar-refractivity contribution >= 4 is 0 Å². The first kappa shape index (κ1) is 10.2. The van der Waals surface area contributed by atoms with Crippen LogP contribution < -0.4 is 5.32 Å². The van der Waals surface area contributed by atoms with E-state index in [2.05, 4.69) is 18.8 Å². The molecule has 2 unspecified atom stereocenters. The van der Waals surface area contributed by atoms with Gasteiger partial charge < -0.3 is 10.1 Å². The molecular weight excluding hydrogens is 174 g/mol. The second-order valence-electron chi connectivity index (χ2n) is 4.76. The first-order chi connectivity index (χ1) is 6.77. The monoisotopic (exact) mass is 195 g/mol. The molecule has 1 spiro atoms. The fourth-order valence-corrected chi connectivity index (χ4v) is 2.72. The molecule has 2 fully saturated rings. The SMILES string of the molecule is C=CC(C)NC1CCC12CCOCC2. The Morgan fingerprint density at radius 3 is 2.64 bits per heavy atom. The summed E-state index contributed by atoms with van der Waals surface area (Å²) in [5.41, 5.74) is 0.565. The Kier molecular flexibility index (Phi) is 2.93. The number of ether oxygens (including phenoxy) is 1. The van der Waals surface area contributed by atoms with Crippen molar-refractivity contribution in [3.8, 4) is 0 Å². The van der Waals surface area contributed by atoms with Gasteiger partial charge in [-0.3, -0.25) is 0 Å². The molecule has 2 rings (SSSR count). The van der Waals surface area contributed by atoms with Crippen LogP contribution in [0, 0.1) is 5.41 Å². The van der Waals surface area contributed by atoms with Gasteiger partial charge in [-0.25, -0.2) is 0 Å². The minimum absolute atomic E-state index is 0.444. The van der Waals surface area contributed by atoms with Gasteiger partial charge in [-0.05, 0) is 38.0 Å². The fourth-order valence-electron chi connectivity index (χ4n) is 2.72. The van der Waals surface area contributed by atoms with Crippen LogP contribution in [-0.2, 0) is 4.74 Å². The van der Waals surface area contributed by atoms with Crippen LogP contribution >= 0.6 is 0 Å². The maximum atomic E-state index is 5.43. The van der Waals surface area contributed by atoms with Crippen molar-refractivity contribution in [3.63, 3.8) is 0 Å². The van der Waals surface area contributed by atoms with Crippen molar-refractivity contribution in [3.05, 3.63) is 12.7 Å². The van der Waals surface area contributed by atoms with Gasteiger partial charge in [0, 0.05) is 25.3 Å². The van der Waals surface area contributed by atoms with Crippen LogP contribution in [0.1, 0.15) is 32.6 Å². The molecule has 0 radical (unpaired) electrons. The van der Waals surface area contributed by atoms with E-state index in [-0.39, 0.29) is 0 Å². The number of hydrogen-bond donors (Lipinski definition) is 1. The third-order valence-electron chi connectivity index (χ3n) is 3.98. The summed E-state index contributed by atoms with van der Waals surface area (Å²) in [4.78, 5) is 0. The highest BCUT2D eigenvalue weighted by molar-refractivity contribution is 5.03. The van der Waals surface area contributed by atoms with Crippen LogP contribution in [0.25, 0.3) is 0 Å². The van der Waals surface area contributed by atoms with Crippen molar-refractivity contribution in [2.75, 3.05) is 13.2 Å². The summed E-state index contributed by atoms with van der Waals surface area (Å²) in [5, 5.41) is 3.65. The molecule has 0 amide bonds. The first-order valence-corrected chi connectivity index (χ1v) is 5.73. The van der Waals surface area contributed by atoms with Gasteiger partial charge in [0.2, 0.25) is 0 Å². The van der Waals surface area contributed by atoms with Gasteiger partial charge in [0.15, 0.2) is 0 Å². The van der Waals surface area contributed by atoms with Gasteiger partial charge in [0.1, 0.15) is 0 Å². The molecule has 2 heteroatoms. The zero-order valence-corrected chi connectivity index (χ0v) is 9.09. The van der Waals surface area contributed by atoms with Gasteiger partial charge in [0.05, 0.1) is 0 Å². The topological polar surface area (TPSA) is 21.3 Å². The summed E-state index contributed by atoms with van der Waals surface area (Å²) in [6.45, 7) is 7.92. The van der Waals surface area contributed by atoms with Gasteiger partial charge >= 0.3 is 0 Å². The highest BCUT2D eigenvalue weighted by atomic mass is 16.5. The molecule has 14 heavy (non-hydrogen) atoms. The van der Waals surface area contributed by atoms with Crippen molar-refractivity contribution < 1.29 is 4.74 Å². The second-order valence-corrected chi connectivity index (χ2v) is 4.76. The molecule has 80 valence electrons. The molecule has 2 nitrogen and oxygen atoms in total. The molecule has 2 aliphatic rings. The van der Waals surface area contributed by atoms with Crippen LogP contribution in [0.5, 0.6) is 0 Å².